The van der Waals surface area contributed by atoms with Gasteiger partial charge >= 0.3 is 12.1 Å². The zero-order chi connectivity index (χ0) is 78.3. The van der Waals surface area contributed by atoms with Gasteiger partial charge < -0.3 is 65.8 Å². The monoisotopic (exact) mass is 1500 g/mol. The smallest absolute Gasteiger partial charge is 0.410 e. The fourth-order valence-electron chi connectivity index (χ4n) is 13.7. The number of rotatable bonds is 43. The van der Waals surface area contributed by atoms with Crippen LogP contribution < -0.4 is 27.0 Å². The van der Waals surface area contributed by atoms with Crippen molar-refractivity contribution in [1.82, 2.24) is 40.4 Å². The molecule has 0 aliphatic carbocycles. The quantitative estimate of drug-likeness (QED) is 0.0309. The minimum absolute atomic E-state index is 0.0859. The number of methoxy groups -OCH3 is 2. The molecule has 105 heavy (non-hydrogen) atoms. The number of benzene rings is 2. The summed E-state index contributed by atoms with van der Waals surface area (Å²) in [5.41, 5.74) is 6.78. The number of aliphatic hydroxyl groups is 1. The highest BCUT2D eigenvalue weighted by Gasteiger charge is 2.45. The summed E-state index contributed by atoms with van der Waals surface area (Å²) in [7, 11) is 6.14. The van der Waals surface area contributed by atoms with Gasteiger partial charge in [-0.2, -0.15) is 0 Å². The van der Waals surface area contributed by atoms with Crippen molar-refractivity contribution in [3.63, 3.8) is 0 Å². The molecule has 0 unspecified atom stereocenters. The third-order valence-corrected chi connectivity index (χ3v) is 21.3. The van der Waals surface area contributed by atoms with Crippen molar-refractivity contribution in [2.75, 3.05) is 78.9 Å². The van der Waals surface area contributed by atoms with E-state index in [1.165, 1.54) is 26.2 Å². The van der Waals surface area contributed by atoms with E-state index in [9.17, 15) is 67.4 Å². The predicted octanol–water partition coefficient (Wildman–Crippen LogP) is 6.39. The molecular weight excluding hydrogens is 1390 g/mol. The van der Waals surface area contributed by atoms with E-state index >= 15 is 0 Å². The Kier molecular flexibility index (Phi) is 34.8. The van der Waals surface area contributed by atoms with Crippen LogP contribution in [-0.4, -0.2) is 229 Å². The van der Waals surface area contributed by atoms with Gasteiger partial charge in [0.05, 0.1) is 89.9 Å². The highest BCUT2D eigenvalue weighted by atomic mass is 32.2. The molecule has 0 bridgehead atoms. The third-order valence-electron chi connectivity index (χ3n) is 19.8. The Bertz CT molecular complexity index is 3400. The maximum atomic E-state index is 14.9. The summed E-state index contributed by atoms with van der Waals surface area (Å²) in [6.07, 6.45) is 2.70. The molecule has 2 aromatic carbocycles. The number of carbonyl (C=O) groups is 13. The average molecular weight is 1500 g/mol. The van der Waals surface area contributed by atoms with Crippen molar-refractivity contribution in [3.05, 3.63) is 87.7 Å². The molecular formula is C75H110N10O18S2. The molecule has 3 aliphatic rings. The number of anilines is 1. The van der Waals surface area contributed by atoms with Gasteiger partial charge in [0.1, 0.15) is 13.2 Å². The van der Waals surface area contributed by atoms with Crippen LogP contribution in [0.25, 0.3) is 0 Å². The number of aliphatic hydroxyl groups excluding tert-OH is 1. The number of hydrogen-bond acceptors (Lipinski definition) is 20. The van der Waals surface area contributed by atoms with Crippen LogP contribution in [-0.2, 0) is 78.3 Å². The maximum Gasteiger partial charge on any atom is 0.410 e. The highest BCUT2D eigenvalue weighted by Crippen LogP contribution is 2.33. The first-order chi connectivity index (χ1) is 49.6. The van der Waals surface area contributed by atoms with E-state index in [2.05, 4.69) is 21.3 Å². The first-order valence-corrected chi connectivity index (χ1v) is 38.3. The van der Waals surface area contributed by atoms with E-state index in [0.717, 1.165) is 45.5 Å². The molecule has 3 heterocycles. The summed E-state index contributed by atoms with van der Waals surface area (Å²) >= 11 is 2.12. The number of nitrogens with two attached hydrogens (primary N) is 1. The van der Waals surface area contributed by atoms with Crippen molar-refractivity contribution in [1.29, 1.82) is 0 Å². The van der Waals surface area contributed by atoms with Crippen LogP contribution in [0.1, 0.15) is 138 Å². The lowest BCUT2D eigenvalue weighted by atomic mass is 9.83. The number of carbonyl (C=O) groups excluding carboxylic acids is 13. The molecule has 1 fully saturated rings. The maximum absolute atomic E-state index is 14.9. The molecule has 5 rings (SSSR count). The number of imide groups is 2. The number of ether oxygens (including phenoxy) is 4. The number of likely N-dealkylation sites (N-methyl/N-ethyl adjacent to an activating group) is 2. The van der Waals surface area contributed by atoms with Crippen LogP contribution in [0.15, 0.2) is 76.6 Å². The van der Waals surface area contributed by atoms with Gasteiger partial charge in [-0.3, -0.25) is 62.5 Å². The molecule has 28 nitrogen and oxygen atoms in total. The Hall–Kier alpha value is -8.03. The van der Waals surface area contributed by atoms with Crippen LogP contribution in [0, 0.1) is 41.4 Å². The number of nitrogens with one attached hydrogen (secondary N) is 4. The number of primary amides is 1. The average Bonchev–Trinajstić information content (AvgIpc) is 1.80. The van der Waals surface area contributed by atoms with Crippen LogP contribution in [0.4, 0.5) is 15.3 Å². The van der Waals surface area contributed by atoms with Gasteiger partial charge in [-0.05, 0) is 92.0 Å². The Labute approximate surface area is 625 Å². The molecule has 30 heteroatoms. The molecule has 7 N–H and O–H groups in total. The number of amides is 12. The summed E-state index contributed by atoms with van der Waals surface area (Å²) in [6.45, 7) is 16.8. The second-order valence-corrected chi connectivity index (χ2v) is 30.0. The second-order valence-electron chi connectivity index (χ2n) is 28.3. The first kappa shape index (κ1) is 87.6. The number of Topliss-reactive ketones (excluding diaryl/α,β-unsaturated/α-hetero) is 2. The van der Waals surface area contributed by atoms with Gasteiger partial charge in [0.15, 0.2) is 11.6 Å². The van der Waals surface area contributed by atoms with E-state index in [1.54, 1.807) is 107 Å². The second kappa shape index (κ2) is 41.8. The van der Waals surface area contributed by atoms with Crippen molar-refractivity contribution in [2.24, 2.45) is 47.2 Å². The minimum Gasteiger partial charge on any atom is -0.445 e. The molecule has 12 atom stereocenters. The van der Waals surface area contributed by atoms with Crippen LogP contribution in [0.2, 0.25) is 0 Å². The largest absolute Gasteiger partial charge is 0.445 e. The summed E-state index contributed by atoms with van der Waals surface area (Å²) in [6, 6.07) is 10.8. The Morgan fingerprint density at radius 3 is 1.84 bits per heavy atom. The SMILES string of the molecule is CC[C@H](C)[C@@H]([C@@H](CC(=O)N1CCC[C@H]1[C@H](OC)[C@@H](C)C(=O)N[C@H](C)[C@@H](O)c1ccccc1)OC)N(C)C(=O)[C@@H](CC(=O)[C@H](C(C)C)N(C)C(=O)OCc1ccc(NC(=O)[C@H](CCCNC(N)=O)CC(=O)[C@@H](NC(=O)COC(CN2C(=O)C=C(SC)C2=O)CN2C(=O)C=C(SC)C2=O)C(C)C)cc1)C(C)C. The first-order valence-electron chi connectivity index (χ1n) is 35.8. The van der Waals surface area contributed by atoms with Crippen molar-refractivity contribution in [3.8, 4) is 0 Å². The molecule has 3 aliphatic heterocycles. The van der Waals surface area contributed by atoms with E-state index in [4.69, 9.17) is 24.7 Å². The summed E-state index contributed by atoms with van der Waals surface area (Å²) in [5.74, 6) is -9.56. The molecule has 2 aromatic rings. The van der Waals surface area contributed by atoms with Crippen molar-refractivity contribution in [2.45, 2.75) is 182 Å². The minimum atomic E-state index is -1.21. The summed E-state index contributed by atoms with van der Waals surface area (Å²) in [4.78, 5) is 184. The summed E-state index contributed by atoms with van der Waals surface area (Å²) < 4.78 is 23.7. The Morgan fingerprint density at radius 1 is 0.724 bits per heavy atom. The zero-order valence-electron chi connectivity index (χ0n) is 63.5. The number of ketones is 2. The Balaban J connectivity index is 1.20. The van der Waals surface area contributed by atoms with Crippen LogP contribution in [0.3, 0.4) is 0 Å². The number of nitrogens with zero attached hydrogens (tertiary/aromatic N) is 5. The van der Waals surface area contributed by atoms with Gasteiger partial charge in [-0.15, -0.1) is 23.5 Å². The number of likely N-dealkylation sites (tertiary alicyclic amines) is 1. The van der Waals surface area contributed by atoms with Crippen molar-refractivity contribution >= 4 is 106 Å². The molecule has 0 radical (unpaired) electrons. The van der Waals surface area contributed by atoms with Gasteiger partial charge in [0.2, 0.25) is 29.5 Å². The lowest BCUT2D eigenvalue weighted by Crippen LogP contribution is -2.55. The molecule has 12 amide bonds. The van der Waals surface area contributed by atoms with E-state index in [1.807, 2.05) is 45.9 Å². The predicted molar refractivity (Wildman–Crippen MR) is 398 cm³/mol. The van der Waals surface area contributed by atoms with Gasteiger partial charge in [0.25, 0.3) is 23.6 Å². The van der Waals surface area contributed by atoms with Crippen LogP contribution >= 0.6 is 23.5 Å². The topological polar surface area (TPSA) is 369 Å². The number of urea groups is 1. The lowest BCUT2D eigenvalue weighted by Gasteiger charge is -2.41. The standard InChI is InChI=1S/C75H110N10O18S2/c1-17-45(8)66(57(100-13)35-61(89)83-32-22-26-54(83)68(101-14)46(9)69(93)78-47(10)67(92)49-23-19-18-20-24-49)81(11)71(95)53(42(2)3)34-56(87)65(44(6)7)82(12)75(99)103-40-48-27-29-51(30-28-48)79-70(94)50(25-21-31-77-74(76)98)33-55(86)64(43(4)5)80-60(88)41-102-52(38-84-62(90)36-58(104-15)72(84)96)39-85-63(91)37-59(105-16)73(85)97/h18-20,23-24,27-30,36-37,42-47,50,52-54,57,64-68,92H,17,21-22,25-26,31-35,38-41H2,1-16H3,(H,78,93)(H,79,94)(H,80,88)(H3,76,77,98)/t45-,46+,47+,50+,53-,54-,57+,64-,65-,66-,67+,68+/m0/s1. The van der Waals surface area contributed by atoms with Gasteiger partial charge in [0, 0.05) is 83.9 Å². The highest BCUT2D eigenvalue weighted by molar-refractivity contribution is 8.03. The molecule has 0 saturated carbocycles. The van der Waals surface area contributed by atoms with E-state index in [0.29, 0.717) is 42.6 Å². The fraction of sp³-hybridized carbons (Fsp3) is 0.613. The van der Waals surface area contributed by atoms with E-state index < -0.39 is 157 Å². The molecule has 0 aromatic heterocycles. The van der Waals surface area contributed by atoms with Gasteiger partial charge in [-0.1, -0.05) is 111 Å². The fourth-order valence-corrected chi connectivity index (χ4v) is 14.7. The van der Waals surface area contributed by atoms with Gasteiger partial charge in [-0.25, -0.2) is 9.59 Å². The van der Waals surface area contributed by atoms with Crippen molar-refractivity contribution < 1.29 is 86.4 Å². The number of thioether (sulfide) groups is 2. The lowest BCUT2D eigenvalue weighted by molar-refractivity contribution is -0.149. The van der Waals surface area contributed by atoms with E-state index in [-0.39, 0.29) is 90.4 Å². The number of hydrogen-bond donors (Lipinski definition) is 6. The summed E-state index contributed by atoms with van der Waals surface area (Å²) in [5, 5.41) is 21.9. The zero-order valence-corrected chi connectivity index (χ0v) is 65.1. The van der Waals surface area contributed by atoms with Crippen LogP contribution in [0.5, 0.6) is 0 Å². The normalized spacial score (nSPS) is 17.8. The Morgan fingerprint density at radius 2 is 1.32 bits per heavy atom. The molecule has 1 saturated heterocycles. The third kappa shape index (κ3) is 24.2. The molecule has 0 spiro atoms. The molecule has 580 valence electrons.